The molecular weight excluding hydrogens is 421 g/mol. The van der Waals surface area contributed by atoms with E-state index in [-0.39, 0.29) is 24.0 Å². The monoisotopic (exact) mass is 445 g/mol. The molecule has 0 spiro atoms. The van der Waals surface area contributed by atoms with Crippen molar-refractivity contribution in [3.05, 3.63) is 52.2 Å². The van der Waals surface area contributed by atoms with Crippen LogP contribution in [0.2, 0.25) is 0 Å². The fourth-order valence-electron chi connectivity index (χ4n) is 2.11. The SMILES string of the molecule is CCNC(=NCCc1cccs1)NCCc1cccc(O)c1.I. The summed E-state index contributed by atoms with van der Waals surface area (Å²) in [6, 6.07) is 11.6. The topological polar surface area (TPSA) is 56.7 Å². The molecule has 1 heterocycles. The van der Waals surface area contributed by atoms with Crippen LogP contribution in [0.1, 0.15) is 17.4 Å². The Balaban J connectivity index is 0.00000264. The lowest BCUT2D eigenvalue weighted by Crippen LogP contribution is -2.38. The Hall–Kier alpha value is -1.28. The zero-order chi connectivity index (χ0) is 15.6. The molecule has 0 radical (unpaired) electrons. The van der Waals surface area contributed by atoms with Gasteiger partial charge in [0.05, 0.1) is 0 Å². The Morgan fingerprint density at radius 3 is 2.74 bits per heavy atom. The number of thiophene rings is 1. The minimum atomic E-state index is 0. The van der Waals surface area contributed by atoms with Crippen molar-refractivity contribution < 1.29 is 5.11 Å². The molecule has 2 rings (SSSR count). The summed E-state index contributed by atoms with van der Waals surface area (Å²) in [5.74, 6) is 1.16. The van der Waals surface area contributed by atoms with E-state index >= 15 is 0 Å². The van der Waals surface area contributed by atoms with E-state index in [9.17, 15) is 5.11 Å². The number of guanidine groups is 1. The number of rotatable bonds is 7. The van der Waals surface area contributed by atoms with Gasteiger partial charge in [0.1, 0.15) is 5.75 Å². The molecule has 0 bridgehead atoms. The Morgan fingerprint density at radius 1 is 1.17 bits per heavy atom. The molecule has 0 amide bonds. The number of benzene rings is 1. The maximum absolute atomic E-state index is 9.46. The third-order valence-corrected chi connectivity index (χ3v) is 4.11. The Kier molecular flexibility index (Phi) is 9.70. The number of hydrogen-bond donors (Lipinski definition) is 3. The van der Waals surface area contributed by atoms with Crippen molar-refractivity contribution in [1.82, 2.24) is 10.6 Å². The molecule has 0 atom stereocenters. The van der Waals surface area contributed by atoms with E-state index in [2.05, 4.69) is 40.1 Å². The number of nitrogens with one attached hydrogen (secondary N) is 2. The predicted octanol–water partition coefficient (Wildman–Crippen LogP) is 3.41. The average molecular weight is 445 g/mol. The molecule has 2 aromatic rings. The number of phenolic OH excluding ortho intramolecular Hbond substituents is 1. The van der Waals surface area contributed by atoms with E-state index < -0.39 is 0 Å². The lowest BCUT2D eigenvalue weighted by Gasteiger charge is -2.11. The fourth-order valence-corrected chi connectivity index (χ4v) is 2.81. The van der Waals surface area contributed by atoms with Crippen LogP contribution in [-0.4, -0.2) is 30.7 Å². The Labute approximate surface area is 159 Å². The van der Waals surface area contributed by atoms with E-state index in [1.54, 1.807) is 23.5 Å². The third-order valence-electron chi connectivity index (χ3n) is 3.17. The summed E-state index contributed by atoms with van der Waals surface area (Å²) >= 11 is 1.77. The first-order valence-electron chi connectivity index (χ1n) is 7.60. The molecule has 0 aliphatic carbocycles. The van der Waals surface area contributed by atoms with Crippen molar-refractivity contribution in [1.29, 1.82) is 0 Å². The summed E-state index contributed by atoms with van der Waals surface area (Å²) in [5, 5.41) is 18.1. The summed E-state index contributed by atoms with van der Waals surface area (Å²) in [5.41, 5.74) is 1.11. The van der Waals surface area contributed by atoms with E-state index in [4.69, 9.17) is 0 Å². The number of aliphatic imine (C=N–C) groups is 1. The summed E-state index contributed by atoms with van der Waals surface area (Å²) in [7, 11) is 0. The quantitative estimate of drug-likeness (QED) is 0.348. The highest BCUT2D eigenvalue weighted by molar-refractivity contribution is 14.0. The van der Waals surface area contributed by atoms with Gasteiger partial charge in [-0.3, -0.25) is 4.99 Å². The summed E-state index contributed by atoms with van der Waals surface area (Å²) in [6.45, 7) is 4.47. The molecule has 0 saturated heterocycles. The van der Waals surface area contributed by atoms with Gasteiger partial charge in [-0.25, -0.2) is 0 Å². The largest absolute Gasteiger partial charge is 0.508 e. The minimum Gasteiger partial charge on any atom is -0.508 e. The predicted molar refractivity (Wildman–Crippen MR) is 109 cm³/mol. The van der Waals surface area contributed by atoms with Crippen LogP contribution < -0.4 is 10.6 Å². The molecule has 0 saturated carbocycles. The van der Waals surface area contributed by atoms with E-state index in [1.807, 2.05) is 12.1 Å². The molecule has 4 nitrogen and oxygen atoms in total. The maximum Gasteiger partial charge on any atom is 0.191 e. The molecule has 3 N–H and O–H groups in total. The lowest BCUT2D eigenvalue weighted by atomic mass is 10.1. The van der Waals surface area contributed by atoms with Gasteiger partial charge in [-0.15, -0.1) is 35.3 Å². The van der Waals surface area contributed by atoms with Crippen LogP contribution >= 0.6 is 35.3 Å². The van der Waals surface area contributed by atoms with Gasteiger partial charge >= 0.3 is 0 Å². The second kappa shape index (κ2) is 11.3. The molecule has 0 aliphatic heterocycles. The minimum absolute atomic E-state index is 0. The van der Waals surface area contributed by atoms with Gasteiger partial charge in [-0.1, -0.05) is 18.2 Å². The highest BCUT2D eigenvalue weighted by Crippen LogP contribution is 2.11. The second-order valence-electron chi connectivity index (χ2n) is 4.94. The van der Waals surface area contributed by atoms with Gasteiger partial charge in [0.25, 0.3) is 0 Å². The number of halogens is 1. The van der Waals surface area contributed by atoms with Crippen LogP contribution in [-0.2, 0) is 12.8 Å². The number of phenols is 1. The summed E-state index contributed by atoms with van der Waals surface area (Å²) in [6.07, 6.45) is 1.82. The number of aromatic hydroxyl groups is 1. The van der Waals surface area contributed by atoms with Crippen molar-refractivity contribution >= 4 is 41.3 Å². The van der Waals surface area contributed by atoms with Crippen molar-refractivity contribution in [3.8, 4) is 5.75 Å². The van der Waals surface area contributed by atoms with Gasteiger partial charge in [-0.05, 0) is 42.5 Å². The molecule has 126 valence electrons. The van der Waals surface area contributed by atoms with Gasteiger partial charge < -0.3 is 15.7 Å². The highest BCUT2D eigenvalue weighted by Gasteiger charge is 1.99. The fraction of sp³-hybridized carbons (Fsp3) is 0.353. The smallest absolute Gasteiger partial charge is 0.191 e. The second-order valence-corrected chi connectivity index (χ2v) is 5.97. The molecule has 6 heteroatoms. The average Bonchev–Trinajstić information content (AvgIpc) is 3.01. The van der Waals surface area contributed by atoms with Crippen molar-refractivity contribution in [2.45, 2.75) is 19.8 Å². The normalized spacial score (nSPS) is 10.9. The highest BCUT2D eigenvalue weighted by atomic mass is 127. The van der Waals surface area contributed by atoms with Gasteiger partial charge in [0.2, 0.25) is 0 Å². The van der Waals surface area contributed by atoms with E-state index in [0.717, 1.165) is 44.0 Å². The standard InChI is InChI=1S/C17H23N3OS.HI/c1-2-18-17(20-11-9-16-7-4-12-22-16)19-10-8-14-5-3-6-15(21)13-14;/h3-7,12-13,21H,2,8-11H2,1H3,(H2,18,19,20);1H. The van der Waals surface area contributed by atoms with E-state index in [1.165, 1.54) is 4.88 Å². The molecule has 23 heavy (non-hydrogen) atoms. The lowest BCUT2D eigenvalue weighted by molar-refractivity contribution is 0.474. The molecule has 0 aliphatic rings. The van der Waals surface area contributed by atoms with Gasteiger partial charge in [-0.2, -0.15) is 0 Å². The van der Waals surface area contributed by atoms with Crippen molar-refractivity contribution in [2.24, 2.45) is 4.99 Å². The summed E-state index contributed by atoms with van der Waals surface area (Å²) in [4.78, 5) is 5.95. The van der Waals surface area contributed by atoms with Crippen LogP contribution in [0.25, 0.3) is 0 Å². The van der Waals surface area contributed by atoms with Gasteiger partial charge in [0.15, 0.2) is 5.96 Å². The van der Waals surface area contributed by atoms with Crippen LogP contribution in [0.5, 0.6) is 5.75 Å². The number of nitrogens with zero attached hydrogens (tertiary/aromatic N) is 1. The zero-order valence-corrected chi connectivity index (χ0v) is 16.4. The van der Waals surface area contributed by atoms with Crippen LogP contribution in [0.15, 0.2) is 46.8 Å². The first kappa shape index (κ1) is 19.8. The van der Waals surface area contributed by atoms with Crippen LogP contribution in [0.3, 0.4) is 0 Å². The summed E-state index contributed by atoms with van der Waals surface area (Å²) < 4.78 is 0. The van der Waals surface area contributed by atoms with Crippen molar-refractivity contribution in [2.75, 3.05) is 19.6 Å². The molecular formula is C17H24IN3OS. The Bertz CT molecular complexity index is 587. The molecule has 1 aromatic carbocycles. The van der Waals surface area contributed by atoms with Crippen LogP contribution in [0, 0.1) is 0 Å². The Morgan fingerprint density at radius 2 is 2.04 bits per heavy atom. The first-order valence-corrected chi connectivity index (χ1v) is 8.48. The molecule has 0 unspecified atom stereocenters. The first-order chi connectivity index (χ1) is 10.8. The molecule has 1 aromatic heterocycles. The molecule has 0 fully saturated rings. The maximum atomic E-state index is 9.46. The number of hydrogen-bond acceptors (Lipinski definition) is 3. The van der Waals surface area contributed by atoms with E-state index in [0.29, 0.717) is 5.75 Å². The zero-order valence-electron chi connectivity index (χ0n) is 13.3. The van der Waals surface area contributed by atoms with Gasteiger partial charge in [0, 0.05) is 30.9 Å². The van der Waals surface area contributed by atoms with Crippen molar-refractivity contribution in [3.63, 3.8) is 0 Å². The van der Waals surface area contributed by atoms with Crippen LogP contribution in [0.4, 0.5) is 0 Å². The third kappa shape index (κ3) is 7.69.